The summed E-state index contributed by atoms with van der Waals surface area (Å²) in [5.41, 5.74) is 0. The van der Waals surface area contributed by atoms with E-state index in [-0.39, 0.29) is 0 Å². The van der Waals surface area contributed by atoms with Crippen LogP contribution in [-0.2, 0) is 0 Å². The number of hydrogen-bond acceptors (Lipinski definition) is 0. The Morgan fingerprint density at radius 3 is 2.60 bits per heavy atom. The summed E-state index contributed by atoms with van der Waals surface area (Å²) in [6.45, 7) is 4.55. The van der Waals surface area contributed by atoms with E-state index >= 15 is 0 Å². The maximum Gasteiger partial charge on any atom is 0.0937 e. The molecule has 0 saturated carbocycles. The van der Waals surface area contributed by atoms with Gasteiger partial charge in [0, 0.05) is 0 Å². The molecule has 0 aliphatic rings. The standard InChI is InChI=1S/C4H9N/c1-3-4-5-2/h3,5H,1,4H2,2H3/p+1. The van der Waals surface area contributed by atoms with E-state index in [4.69, 9.17) is 0 Å². The molecule has 0 rings (SSSR count). The number of quaternary nitrogens is 1. The minimum atomic E-state index is 1.03. The van der Waals surface area contributed by atoms with Gasteiger partial charge in [0.15, 0.2) is 0 Å². The molecule has 0 aromatic rings. The zero-order chi connectivity index (χ0) is 4.12. The maximum atomic E-state index is 3.52. The second kappa shape index (κ2) is 3.70. The molecule has 2 N–H and O–H groups in total. The van der Waals surface area contributed by atoms with Gasteiger partial charge in [-0.3, -0.25) is 0 Å². The van der Waals surface area contributed by atoms with Crippen molar-refractivity contribution in [2.24, 2.45) is 0 Å². The lowest BCUT2D eigenvalue weighted by atomic mass is 10.6. The first-order valence-corrected chi connectivity index (χ1v) is 1.80. The summed E-state index contributed by atoms with van der Waals surface area (Å²) in [7, 11) is 2.02. The number of rotatable bonds is 2. The van der Waals surface area contributed by atoms with Crippen molar-refractivity contribution in [1.29, 1.82) is 0 Å². The zero-order valence-corrected chi connectivity index (χ0v) is 3.57. The Labute approximate surface area is 32.7 Å². The normalized spacial score (nSPS) is 7.40. The molecule has 1 nitrogen and oxygen atoms in total. The number of hydrogen-bond donors (Lipinski definition) is 1. The summed E-state index contributed by atoms with van der Waals surface area (Å²) < 4.78 is 0. The fraction of sp³-hybridized carbons (Fsp3) is 0.500. The van der Waals surface area contributed by atoms with Gasteiger partial charge in [-0.05, 0) is 6.08 Å². The molecule has 0 atom stereocenters. The molecule has 0 aromatic heterocycles. The smallest absolute Gasteiger partial charge is 0.0937 e. The Balaban J connectivity index is 2.40. The first-order valence-electron chi connectivity index (χ1n) is 1.80. The topological polar surface area (TPSA) is 16.6 Å². The molecule has 0 amide bonds. The Morgan fingerprint density at radius 2 is 2.60 bits per heavy atom. The predicted octanol–water partition coefficient (Wildman–Crippen LogP) is -0.634. The van der Waals surface area contributed by atoms with Gasteiger partial charge in [0.05, 0.1) is 13.6 Å². The lowest BCUT2D eigenvalue weighted by molar-refractivity contribution is -0.617. The third kappa shape index (κ3) is 3.70. The Hall–Kier alpha value is -0.300. The molecule has 0 saturated heterocycles. The highest BCUT2D eigenvalue weighted by atomic mass is 14.8. The maximum absolute atomic E-state index is 3.52. The fourth-order valence-electron chi connectivity index (χ4n) is 0.167. The van der Waals surface area contributed by atoms with Crippen LogP contribution in [-0.4, -0.2) is 13.6 Å². The van der Waals surface area contributed by atoms with Crippen LogP contribution in [0.2, 0.25) is 0 Å². The fourth-order valence-corrected chi connectivity index (χ4v) is 0.167. The van der Waals surface area contributed by atoms with Gasteiger partial charge in [-0.2, -0.15) is 0 Å². The van der Waals surface area contributed by atoms with Crippen LogP contribution in [0.15, 0.2) is 12.7 Å². The van der Waals surface area contributed by atoms with Gasteiger partial charge in [-0.15, -0.1) is 0 Å². The first kappa shape index (κ1) is 4.70. The van der Waals surface area contributed by atoms with Crippen molar-refractivity contribution in [3.8, 4) is 0 Å². The van der Waals surface area contributed by atoms with E-state index in [0.29, 0.717) is 0 Å². The quantitative estimate of drug-likeness (QED) is 0.418. The van der Waals surface area contributed by atoms with Crippen LogP contribution in [0, 0.1) is 0 Å². The van der Waals surface area contributed by atoms with Gasteiger partial charge in [-0.1, -0.05) is 6.58 Å². The van der Waals surface area contributed by atoms with Crippen molar-refractivity contribution in [3.63, 3.8) is 0 Å². The summed E-state index contributed by atoms with van der Waals surface area (Å²) in [6.07, 6.45) is 1.88. The molecule has 0 aliphatic heterocycles. The van der Waals surface area contributed by atoms with E-state index in [0.717, 1.165) is 6.54 Å². The van der Waals surface area contributed by atoms with Gasteiger partial charge in [0.2, 0.25) is 0 Å². The molecular weight excluding hydrogens is 62.1 g/mol. The molecule has 0 spiro atoms. The minimum Gasteiger partial charge on any atom is -0.345 e. The third-order valence-corrected chi connectivity index (χ3v) is 0.402. The van der Waals surface area contributed by atoms with Gasteiger partial charge in [0.25, 0.3) is 0 Å². The van der Waals surface area contributed by atoms with Crippen molar-refractivity contribution < 1.29 is 5.32 Å². The Bertz CT molecular complexity index is 24.8. The van der Waals surface area contributed by atoms with Gasteiger partial charge < -0.3 is 5.32 Å². The average Bonchev–Trinajstić information content (AvgIpc) is 1.41. The molecule has 0 bridgehead atoms. The summed E-state index contributed by atoms with van der Waals surface area (Å²) in [5, 5.41) is 2.06. The van der Waals surface area contributed by atoms with Crippen LogP contribution < -0.4 is 5.32 Å². The van der Waals surface area contributed by atoms with E-state index in [2.05, 4.69) is 11.9 Å². The minimum absolute atomic E-state index is 1.03. The van der Waals surface area contributed by atoms with Crippen LogP contribution in [0.3, 0.4) is 0 Å². The van der Waals surface area contributed by atoms with E-state index in [9.17, 15) is 0 Å². The lowest BCUT2D eigenvalue weighted by Gasteiger charge is -1.76. The molecular formula is C4H10N+. The summed E-state index contributed by atoms with van der Waals surface area (Å²) in [6, 6.07) is 0. The zero-order valence-electron chi connectivity index (χ0n) is 3.57. The molecule has 1 heteroatoms. The molecule has 30 valence electrons. The van der Waals surface area contributed by atoms with Crippen molar-refractivity contribution >= 4 is 0 Å². The van der Waals surface area contributed by atoms with E-state index in [1.54, 1.807) is 0 Å². The van der Waals surface area contributed by atoms with E-state index < -0.39 is 0 Å². The molecule has 0 aliphatic carbocycles. The summed E-state index contributed by atoms with van der Waals surface area (Å²) in [4.78, 5) is 0. The van der Waals surface area contributed by atoms with E-state index in [1.165, 1.54) is 0 Å². The van der Waals surface area contributed by atoms with Crippen molar-refractivity contribution in [1.82, 2.24) is 0 Å². The highest BCUT2D eigenvalue weighted by molar-refractivity contribution is 4.60. The van der Waals surface area contributed by atoms with Crippen LogP contribution in [0.4, 0.5) is 0 Å². The Morgan fingerprint density at radius 1 is 2.00 bits per heavy atom. The van der Waals surface area contributed by atoms with Crippen LogP contribution in [0.1, 0.15) is 0 Å². The van der Waals surface area contributed by atoms with Gasteiger partial charge in [-0.25, -0.2) is 0 Å². The van der Waals surface area contributed by atoms with Crippen molar-refractivity contribution in [2.75, 3.05) is 13.6 Å². The van der Waals surface area contributed by atoms with Gasteiger partial charge in [0.1, 0.15) is 0 Å². The summed E-state index contributed by atoms with van der Waals surface area (Å²) in [5.74, 6) is 0. The predicted molar refractivity (Wildman–Crippen MR) is 22.9 cm³/mol. The van der Waals surface area contributed by atoms with E-state index in [1.807, 2.05) is 13.1 Å². The molecule has 0 unspecified atom stereocenters. The van der Waals surface area contributed by atoms with Crippen molar-refractivity contribution in [3.05, 3.63) is 12.7 Å². The Kier molecular flexibility index (Phi) is 3.48. The number of likely N-dealkylation sites (N-methyl/N-ethyl adjacent to an activating group) is 1. The monoisotopic (exact) mass is 72.1 g/mol. The molecule has 5 heavy (non-hydrogen) atoms. The average molecular weight is 72.1 g/mol. The summed E-state index contributed by atoms with van der Waals surface area (Å²) >= 11 is 0. The van der Waals surface area contributed by atoms with Crippen LogP contribution in [0.5, 0.6) is 0 Å². The highest BCUT2D eigenvalue weighted by Gasteiger charge is 1.61. The molecule has 0 heterocycles. The molecule has 0 aromatic carbocycles. The van der Waals surface area contributed by atoms with Crippen molar-refractivity contribution in [2.45, 2.75) is 0 Å². The molecule has 0 radical (unpaired) electrons. The second-order valence-corrected chi connectivity index (χ2v) is 0.933. The highest BCUT2D eigenvalue weighted by Crippen LogP contribution is 1.38. The lowest BCUT2D eigenvalue weighted by Crippen LogP contribution is -2.79. The number of nitrogens with two attached hydrogens (primary N) is 1. The largest absolute Gasteiger partial charge is 0.345 e. The van der Waals surface area contributed by atoms with Crippen LogP contribution in [0.25, 0.3) is 0 Å². The molecule has 0 fully saturated rings. The third-order valence-electron chi connectivity index (χ3n) is 0.402. The van der Waals surface area contributed by atoms with Gasteiger partial charge >= 0.3 is 0 Å². The second-order valence-electron chi connectivity index (χ2n) is 0.933. The van der Waals surface area contributed by atoms with Crippen LogP contribution >= 0.6 is 0 Å². The SMILES string of the molecule is C=CC[NH2+]C. The first-order chi connectivity index (χ1) is 2.41.